The number of amides is 3. The molecular weight excluding hydrogens is 386 g/mol. The average molecular weight is 414 g/mol. The van der Waals surface area contributed by atoms with Crippen molar-refractivity contribution in [2.45, 2.75) is 39.3 Å². The molecule has 3 rings (SSSR count). The van der Waals surface area contributed by atoms with E-state index < -0.39 is 17.9 Å². The summed E-state index contributed by atoms with van der Waals surface area (Å²) in [7, 11) is 0. The van der Waals surface area contributed by atoms with Crippen molar-refractivity contribution in [2.75, 3.05) is 19.6 Å². The lowest BCUT2D eigenvalue weighted by atomic mass is 10.0. The molecule has 1 aliphatic rings. The van der Waals surface area contributed by atoms with Crippen LogP contribution in [0.4, 0.5) is 0 Å². The average Bonchev–Trinajstić information content (AvgIpc) is 3.15. The Bertz CT molecular complexity index is 865. The molecule has 0 unspecified atom stereocenters. The third-order valence-corrected chi connectivity index (χ3v) is 6.03. The Morgan fingerprint density at radius 1 is 1.10 bits per heavy atom. The van der Waals surface area contributed by atoms with E-state index in [1.807, 2.05) is 56.3 Å². The van der Waals surface area contributed by atoms with Crippen LogP contribution in [-0.4, -0.2) is 47.2 Å². The first-order chi connectivity index (χ1) is 14.0. The number of hydrogen-bond donors (Lipinski definition) is 1. The number of thiophene rings is 1. The van der Waals surface area contributed by atoms with E-state index in [4.69, 9.17) is 0 Å². The van der Waals surface area contributed by atoms with E-state index in [9.17, 15) is 14.4 Å². The monoisotopic (exact) mass is 413 g/mol. The molecule has 1 fully saturated rings. The van der Waals surface area contributed by atoms with Crippen LogP contribution in [0, 0.1) is 6.92 Å². The van der Waals surface area contributed by atoms with E-state index in [1.54, 1.807) is 16.2 Å². The summed E-state index contributed by atoms with van der Waals surface area (Å²) >= 11 is 1.63. The molecule has 1 atom stereocenters. The van der Waals surface area contributed by atoms with Gasteiger partial charge in [-0.1, -0.05) is 43.7 Å². The highest BCUT2D eigenvalue weighted by Crippen LogP contribution is 2.24. The number of rotatable bonds is 8. The summed E-state index contributed by atoms with van der Waals surface area (Å²) in [5.41, 5.74) is 0.704. The predicted molar refractivity (Wildman–Crippen MR) is 113 cm³/mol. The molecule has 29 heavy (non-hydrogen) atoms. The van der Waals surface area contributed by atoms with Crippen LogP contribution in [-0.2, 0) is 20.9 Å². The summed E-state index contributed by atoms with van der Waals surface area (Å²) in [4.78, 5) is 43.8. The maximum atomic E-state index is 13.1. The molecule has 1 N–H and O–H groups in total. The van der Waals surface area contributed by atoms with E-state index in [-0.39, 0.29) is 5.91 Å². The lowest BCUT2D eigenvalue weighted by molar-refractivity contribution is -0.159. The van der Waals surface area contributed by atoms with E-state index in [2.05, 4.69) is 5.32 Å². The van der Waals surface area contributed by atoms with Crippen LogP contribution in [0.2, 0.25) is 0 Å². The fourth-order valence-corrected chi connectivity index (χ4v) is 4.29. The van der Waals surface area contributed by atoms with E-state index in [1.165, 1.54) is 9.78 Å². The van der Waals surface area contributed by atoms with Crippen molar-refractivity contribution in [1.29, 1.82) is 0 Å². The fraction of sp³-hybridized carbons (Fsp3) is 0.409. The summed E-state index contributed by atoms with van der Waals surface area (Å²) in [6, 6.07) is 12.4. The molecule has 1 saturated heterocycles. The van der Waals surface area contributed by atoms with Crippen LogP contribution < -0.4 is 5.32 Å². The molecule has 1 aromatic carbocycles. The van der Waals surface area contributed by atoms with Crippen molar-refractivity contribution in [3.05, 3.63) is 57.8 Å². The van der Waals surface area contributed by atoms with Gasteiger partial charge in [0, 0.05) is 29.4 Å². The smallest absolute Gasteiger partial charge is 0.313 e. The maximum absolute atomic E-state index is 13.1. The molecule has 3 amide bonds. The first kappa shape index (κ1) is 21.0. The summed E-state index contributed by atoms with van der Waals surface area (Å²) in [6.45, 7) is 5.84. The minimum absolute atomic E-state index is 0.273. The minimum atomic E-state index is -0.818. The normalized spacial score (nSPS) is 15.5. The standard InChI is InChI=1S/C22H27N3O3S/c1-3-4-12-24-13-14-25(22(28)21(24)27)19(17-8-6-5-7-9-17)20(26)23-15-18-11-10-16(2)29-18/h5-11,19H,3-4,12-15H2,1-2H3,(H,23,26)/t19-/m0/s1. The molecule has 154 valence electrons. The van der Waals surface area contributed by atoms with Gasteiger partial charge in [-0.2, -0.15) is 0 Å². The zero-order valence-corrected chi connectivity index (χ0v) is 17.7. The molecule has 0 radical (unpaired) electrons. The number of carbonyl (C=O) groups is 3. The Morgan fingerprint density at radius 2 is 1.86 bits per heavy atom. The summed E-state index contributed by atoms with van der Waals surface area (Å²) < 4.78 is 0. The fourth-order valence-electron chi connectivity index (χ4n) is 3.46. The lowest BCUT2D eigenvalue weighted by Crippen LogP contribution is -2.57. The molecule has 2 aromatic rings. The SMILES string of the molecule is CCCCN1CCN([C@H](C(=O)NCc2ccc(C)s2)c2ccccc2)C(=O)C1=O. The van der Waals surface area contributed by atoms with Gasteiger partial charge in [0.2, 0.25) is 5.91 Å². The second-order valence-corrected chi connectivity index (χ2v) is 8.56. The van der Waals surface area contributed by atoms with Crippen molar-refractivity contribution in [1.82, 2.24) is 15.1 Å². The van der Waals surface area contributed by atoms with E-state index in [0.29, 0.717) is 31.7 Å². The zero-order valence-electron chi connectivity index (χ0n) is 16.9. The predicted octanol–water partition coefficient (Wildman–Crippen LogP) is 2.88. The number of nitrogens with zero attached hydrogens (tertiary/aromatic N) is 2. The highest BCUT2D eigenvalue weighted by atomic mass is 32.1. The molecule has 6 nitrogen and oxygen atoms in total. The Morgan fingerprint density at radius 3 is 2.52 bits per heavy atom. The molecule has 0 aliphatic carbocycles. The number of carbonyl (C=O) groups excluding carboxylic acids is 3. The molecule has 1 aliphatic heterocycles. The van der Waals surface area contributed by atoms with Crippen molar-refractivity contribution >= 4 is 29.1 Å². The van der Waals surface area contributed by atoms with Gasteiger partial charge in [-0.25, -0.2) is 0 Å². The highest BCUT2D eigenvalue weighted by molar-refractivity contribution is 7.11. The summed E-state index contributed by atoms with van der Waals surface area (Å²) in [5, 5.41) is 2.94. The molecule has 7 heteroatoms. The van der Waals surface area contributed by atoms with Gasteiger partial charge in [0.15, 0.2) is 0 Å². The van der Waals surface area contributed by atoms with Crippen molar-refractivity contribution in [3.63, 3.8) is 0 Å². The maximum Gasteiger partial charge on any atom is 0.313 e. The van der Waals surface area contributed by atoms with Gasteiger partial charge < -0.3 is 15.1 Å². The van der Waals surface area contributed by atoms with Crippen molar-refractivity contribution in [2.24, 2.45) is 0 Å². The van der Waals surface area contributed by atoms with Gasteiger partial charge in [0.1, 0.15) is 6.04 Å². The lowest BCUT2D eigenvalue weighted by Gasteiger charge is -2.38. The Balaban J connectivity index is 1.78. The minimum Gasteiger partial charge on any atom is -0.349 e. The number of unbranched alkanes of at least 4 members (excludes halogenated alkanes) is 1. The second kappa shape index (κ2) is 9.69. The second-order valence-electron chi connectivity index (χ2n) is 7.19. The van der Waals surface area contributed by atoms with Crippen LogP contribution in [0.15, 0.2) is 42.5 Å². The number of hydrogen-bond acceptors (Lipinski definition) is 4. The number of piperazine rings is 1. The Hall–Kier alpha value is -2.67. The quantitative estimate of drug-likeness (QED) is 0.677. The van der Waals surface area contributed by atoms with Crippen molar-refractivity contribution in [3.8, 4) is 0 Å². The van der Waals surface area contributed by atoms with Crippen molar-refractivity contribution < 1.29 is 14.4 Å². The van der Waals surface area contributed by atoms with E-state index >= 15 is 0 Å². The van der Waals surface area contributed by atoms with Crippen LogP contribution in [0.25, 0.3) is 0 Å². The number of nitrogens with one attached hydrogen (secondary N) is 1. The highest BCUT2D eigenvalue weighted by Gasteiger charge is 2.39. The van der Waals surface area contributed by atoms with Gasteiger partial charge in [-0.05, 0) is 31.0 Å². The third kappa shape index (κ3) is 5.03. The molecule has 0 saturated carbocycles. The summed E-state index contributed by atoms with van der Waals surface area (Å²) in [5.74, 6) is -1.40. The topological polar surface area (TPSA) is 69.7 Å². The van der Waals surface area contributed by atoms with Gasteiger partial charge in [0.05, 0.1) is 6.54 Å². The summed E-state index contributed by atoms with van der Waals surface area (Å²) in [6.07, 6.45) is 1.82. The van der Waals surface area contributed by atoms with E-state index in [0.717, 1.165) is 17.7 Å². The number of aryl methyl sites for hydroxylation is 1. The van der Waals surface area contributed by atoms with Gasteiger partial charge in [-0.3, -0.25) is 14.4 Å². The van der Waals surface area contributed by atoms with Gasteiger partial charge >= 0.3 is 11.8 Å². The molecule has 0 bridgehead atoms. The third-order valence-electron chi connectivity index (χ3n) is 5.03. The molecular formula is C22H27N3O3S. The largest absolute Gasteiger partial charge is 0.349 e. The van der Waals surface area contributed by atoms with Gasteiger partial charge in [-0.15, -0.1) is 11.3 Å². The molecule has 1 aromatic heterocycles. The molecule has 2 heterocycles. The Labute approximate surface area is 175 Å². The number of benzene rings is 1. The van der Waals surface area contributed by atoms with Gasteiger partial charge in [0.25, 0.3) is 0 Å². The van der Waals surface area contributed by atoms with Crippen LogP contribution >= 0.6 is 11.3 Å². The molecule has 0 spiro atoms. The Kier molecular flexibility index (Phi) is 7.04. The van der Waals surface area contributed by atoms with Crippen LogP contribution in [0.1, 0.15) is 41.1 Å². The first-order valence-corrected chi connectivity index (χ1v) is 10.8. The first-order valence-electron chi connectivity index (χ1n) is 9.99. The van der Waals surface area contributed by atoms with Crippen LogP contribution in [0.3, 0.4) is 0 Å². The zero-order chi connectivity index (χ0) is 20.8. The van der Waals surface area contributed by atoms with Crippen LogP contribution in [0.5, 0.6) is 0 Å².